The lowest BCUT2D eigenvalue weighted by atomic mass is 10.0. The SMILES string of the molecule is CSc1ccc(C)c(N(C)C(C)(C)C)c1. The summed E-state index contributed by atoms with van der Waals surface area (Å²) < 4.78 is 0. The van der Waals surface area contributed by atoms with Gasteiger partial charge in [-0.1, -0.05) is 6.07 Å². The fourth-order valence-electron chi connectivity index (χ4n) is 1.44. The van der Waals surface area contributed by atoms with E-state index < -0.39 is 0 Å². The summed E-state index contributed by atoms with van der Waals surface area (Å²) in [7, 11) is 2.16. The van der Waals surface area contributed by atoms with Crippen LogP contribution >= 0.6 is 11.8 Å². The van der Waals surface area contributed by atoms with E-state index in [2.05, 4.69) is 64.1 Å². The number of anilines is 1. The fourth-order valence-corrected chi connectivity index (χ4v) is 1.87. The Kier molecular flexibility index (Phi) is 3.72. The summed E-state index contributed by atoms with van der Waals surface area (Å²) in [6.07, 6.45) is 2.12. The Labute approximate surface area is 97.9 Å². The van der Waals surface area contributed by atoms with Crippen LogP contribution in [0.3, 0.4) is 0 Å². The minimum Gasteiger partial charge on any atom is -0.370 e. The van der Waals surface area contributed by atoms with Crippen LogP contribution in [0.1, 0.15) is 26.3 Å². The second-order valence-electron chi connectivity index (χ2n) is 4.88. The second kappa shape index (κ2) is 4.48. The van der Waals surface area contributed by atoms with Gasteiger partial charge in [-0.15, -0.1) is 11.8 Å². The zero-order chi connectivity index (χ0) is 11.6. The molecule has 1 nitrogen and oxygen atoms in total. The van der Waals surface area contributed by atoms with Gasteiger partial charge in [-0.25, -0.2) is 0 Å². The molecule has 0 unspecified atom stereocenters. The molecule has 0 saturated carbocycles. The Morgan fingerprint density at radius 3 is 2.27 bits per heavy atom. The molecule has 0 radical (unpaired) electrons. The molecular weight excluding hydrogens is 202 g/mol. The van der Waals surface area contributed by atoms with Gasteiger partial charge in [0.2, 0.25) is 0 Å². The van der Waals surface area contributed by atoms with Gasteiger partial charge in [0.1, 0.15) is 0 Å². The maximum Gasteiger partial charge on any atom is 0.0408 e. The van der Waals surface area contributed by atoms with Gasteiger partial charge in [0.25, 0.3) is 0 Å². The molecule has 0 N–H and O–H groups in total. The smallest absolute Gasteiger partial charge is 0.0408 e. The van der Waals surface area contributed by atoms with Crippen LogP contribution in [0.15, 0.2) is 23.1 Å². The number of hydrogen-bond donors (Lipinski definition) is 0. The first-order valence-corrected chi connectivity index (χ1v) is 6.47. The maximum atomic E-state index is 2.34. The zero-order valence-corrected chi connectivity index (χ0v) is 11.4. The molecule has 0 spiro atoms. The van der Waals surface area contributed by atoms with Gasteiger partial charge in [0, 0.05) is 23.2 Å². The predicted molar refractivity (Wildman–Crippen MR) is 71.1 cm³/mol. The lowest BCUT2D eigenvalue weighted by molar-refractivity contribution is 0.537. The predicted octanol–water partition coefficient (Wildman–Crippen LogP) is 3.95. The zero-order valence-electron chi connectivity index (χ0n) is 10.6. The first-order valence-electron chi connectivity index (χ1n) is 5.24. The molecule has 0 fully saturated rings. The number of aryl methyl sites for hydroxylation is 1. The molecule has 1 rings (SSSR count). The number of hydrogen-bond acceptors (Lipinski definition) is 2. The molecule has 0 aromatic heterocycles. The summed E-state index contributed by atoms with van der Waals surface area (Å²) in [6.45, 7) is 8.87. The van der Waals surface area contributed by atoms with Crippen molar-refractivity contribution in [3.8, 4) is 0 Å². The fraction of sp³-hybridized carbons (Fsp3) is 0.538. The molecule has 0 aliphatic heterocycles. The van der Waals surface area contributed by atoms with Crippen LogP contribution in [-0.2, 0) is 0 Å². The highest BCUT2D eigenvalue weighted by atomic mass is 32.2. The van der Waals surface area contributed by atoms with Gasteiger partial charge >= 0.3 is 0 Å². The lowest BCUT2D eigenvalue weighted by Crippen LogP contribution is -2.38. The molecule has 84 valence electrons. The van der Waals surface area contributed by atoms with E-state index in [-0.39, 0.29) is 5.54 Å². The van der Waals surface area contributed by atoms with E-state index in [1.165, 1.54) is 16.1 Å². The van der Waals surface area contributed by atoms with Crippen LogP contribution in [0.5, 0.6) is 0 Å². The summed E-state index contributed by atoms with van der Waals surface area (Å²) in [6, 6.07) is 6.65. The summed E-state index contributed by atoms with van der Waals surface area (Å²) in [5.74, 6) is 0. The topological polar surface area (TPSA) is 3.24 Å². The molecule has 0 atom stereocenters. The average molecular weight is 223 g/mol. The number of rotatable bonds is 2. The molecule has 0 aliphatic carbocycles. The third-order valence-electron chi connectivity index (χ3n) is 2.78. The number of nitrogens with zero attached hydrogens (tertiary/aromatic N) is 1. The molecular formula is C13H21NS. The van der Waals surface area contributed by atoms with Crippen LogP contribution < -0.4 is 4.90 Å². The maximum absolute atomic E-state index is 2.34. The molecule has 0 saturated heterocycles. The first-order chi connectivity index (χ1) is 6.86. The molecule has 0 bridgehead atoms. The van der Waals surface area contributed by atoms with Gasteiger partial charge in [0.15, 0.2) is 0 Å². The van der Waals surface area contributed by atoms with E-state index in [4.69, 9.17) is 0 Å². The number of benzene rings is 1. The lowest BCUT2D eigenvalue weighted by Gasteiger charge is -2.35. The summed E-state index contributed by atoms with van der Waals surface area (Å²) >= 11 is 1.79. The Balaban J connectivity index is 3.12. The van der Waals surface area contributed by atoms with Crippen molar-refractivity contribution < 1.29 is 0 Å². The van der Waals surface area contributed by atoms with Crippen LogP contribution in [0, 0.1) is 6.92 Å². The third kappa shape index (κ3) is 2.91. The van der Waals surface area contributed by atoms with Gasteiger partial charge in [-0.05, 0) is 51.6 Å². The van der Waals surface area contributed by atoms with E-state index in [1.54, 1.807) is 11.8 Å². The van der Waals surface area contributed by atoms with E-state index in [9.17, 15) is 0 Å². The van der Waals surface area contributed by atoms with E-state index in [0.29, 0.717) is 0 Å². The van der Waals surface area contributed by atoms with Gasteiger partial charge in [-0.3, -0.25) is 0 Å². The normalized spacial score (nSPS) is 11.6. The van der Waals surface area contributed by atoms with Crippen molar-refractivity contribution >= 4 is 17.4 Å². The summed E-state index contributed by atoms with van der Waals surface area (Å²) in [5.41, 5.74) is 2.83. The van der Waals surface area contributed by atoms with E-state index >= 15 is 0 Å². The van der Waals surface area contributed by atoms with Crippen LogP contribution in [0.2, 0.25) is 0 Å². The molecule has 2 heteroatoms. The first kappa shape index (κ1) is 12.4. The van der Waals surface area contributed by atoms with Crippen molar-refractivity contribution in [1.82, 2.24) is 0 Å². The average Bonchev–Trinajstić information content (AvgIpc) is 2.16. The van der Waals surface area contributed by atoms with Gasteiger partial charge in [0.05, 0.1) is 0 Å². The molecule has 0 amide bonds. The molecule has 15 heavy (non-hydrogen) atoms. The Hall–Kier alpha value is -0.630. The highest BCUT2D eigenvalue weighted by molar-refractivity contribution is 7.98. The van der Waals surface area contributed by atoms with Crippen molar-refractivity contribution in [2.45, 2.75) is 38.1 Å². The minimum atomic E-state index is 0.168. The van der Waals surface area contributed by atoms with Crippen LogP contribution in [0.4, 0.5) is 5.69 Å². The van der Waals surface area contributed by atoms with Crippen molar-refractivity contribution in [3.05, 3.63) is 23.8 Å². The highest BCUT2D eigenvalue weighted by Gasteiger charge is 2.18. The van der Waals surface area contributed by atoms with Gasteiger partial charge in [-0.2, -0.15) is 0 Å². The van der Waals surface area contributed by atoms with Gasteiger partial charge < -0.3 is 4.90 Å². The van der Waals surface area contributed by atoms with Crippen LogP contribution in [-0.4, -0.2) is 18.8 Å². The van der Waals surface area contributed by atoms with Crippen LogP contribution in [0.25, 0.3) is 0 Å². The monoisotopic (exact) mass is 223 g/mol. The molecule has 0 aliphatic rings. The summed E-state index contributed by atoms with van der Waals surface area (Å²) in [5, 5.41) is 0. The Bertz CT molecular complexity index is 339. The minimum absolute atomic E-state index is 0.168. The quantitative estimate of drug-likeness (QED) is 0.698. The third-order valence-corrected chi connectivity index (χ3v) is 3.51. The highest BCUT2D eigenvalue weighted by Crippen LogP contribution is 2.29. The van der Waals surface area contributed by atoms with Crippen molar-refractivity contribution in [1.29, 1.82) is 0 Å². The Morgan fingerprint density at radius 2 is 1.80 bits per heavy atom. The molecule has 1 aromatic carbocycles. The number of thioether (sulfide) groups is 1. The summed E-state index contributed by atoms with van der Waals surface area (Å²) in [4.78, 5) is 3.66. The van der Waals surface area contributed by atoms with E-state index in [0.717, 1.165) is 0 Å². The second-order valence-corrected chi connectivity index (χ2v) is 5.76. The van der Waals surface area contributed by atoms with Crippen molar-refractivity contribution in [2.24, 2.45) is 0 Å². The largest absolute Gasteiger partial charge is 0.370 e. The Morgan fingerprint density at radius 1 is 1.20 bits per heavy atom. The van der Waals surface area contributed by atoms with Crippen molar-refractivity contribution in [3.63, 3.8) is 0 Å². The molecule has 0 heterocycles. The standard InChI is InChI=1S/C13H21NS/c1-10-7-8-11(15-6)9-12(10)14(5)13(2,3)4/h7-9H,1-6H3. The van der Waals surface area contributed by atoms with E-state index in [1.807, 2.05) is 0 Å². The molecule has 1 aromatic rings. The van der Waals surface area contributed by atoms with Crippen molar-refractivity contribution in [2.75, 3.05) is 18.2 Å².